The lowest BCUT2D eigenvalue weighted by Crippen LogP contribution is -2.47. The highest BCUT2D eigenvalue weighted by molar-refractivity contribution is 4.87. The summed E-state index contributed by atoms with van der Waals surface area (Å²) in [5, 5.41) is 3.72. The molecule has 3 nitrogen and oxygen atoms in total. The third-order valence-electron chi connectivity index (χ3n) is 4.72. The maximum Gasteiger partial charge on any atom is 0.0702 e. The smallest absolute Gasteiger partial charge is 0.0702 e. The van der Waals surface area contributed by atoms with E-state index in [0.717, 1.165) is 19.2 Å². The van der Waals surface area contributed by atoms with Gasteiger partial charge in [-0.3, -0.25) is 0 Å². The Morgan fingerprint density at radius 2 is 2.05 bits per heavy atom. The summed E-state index contributed by atoms with van der Waals surface area (Å²) in [7, 11) is 0. The third-order valence-corrected chi connectivity index (χ3v) is 4.72. The van der Waals surface area contributed by atoms with E-state index in [0.29, 0.717) is 11.5 Å². The van der Waals surface area contributed by atoms with Crippen LogP contribution in [0.3, 0.4) is 0 Å². The van der Waals surface area contributed by atoms with Crippen LogP contribution in [0, 0.1) is 5.41 Å². The van der Waals surface area contributed by atoms with Crippen molar-refractivity contribution in [3.63, 3.8) is 0 Å². The Morgan fingerprint density at radius 3 is 2.68 bits per heavy atom. The molecule has 3 heteroatoms. The van der Waals surface area contributed by atoms with Crippen LogP contribution in [0.15, 0.2) is 0 Å². The zero-order chi connectivity index (χ0) is 13.7. The van der Waals surface area contributed by atoms with E-state index in [2.05, 4.69) is 31.0 Å². The number of ether oxygens (including phenoxy) is 1. The van der Waals surface area contributed by atoms with Crippen LogP contribution < -0.4 is 5.32 Å². The van der Waals surface area contributed by atoms with E-state index in [1.54, 1.807) is 0 Å². The Bertz CT molecular complexity index is 265. The Morgan fingerprint density at radius 1 is 1.26 bits per heavy atom. The van der Waals surface area contributed by atoms with Gasteiger partial charge in [0.1, 0.15) is 0 Å². The normalized spacial score (nSPS) is 28.3. The van der Waals surface area contributed by atoms with Crippen LogP contribution in [0.2, 0.25) is 0 Å². The van der Waals surface area contributed by atoms with Crippen LogP contribution in [0.25, 0.3) is 0 Å². The minimum atomic E-state index is 0.413. The van der Waals surface area contributed by atoms with E-state index in [4.69, 9.17) is 4.74 Å². The molecule has 19 heavy (non-hydrogen) atoms. The van der Waals surface area contributed by atoms with E-state index >= 15 is 0 Å². The predicted octanol–water partition coefficient (Wildman–Crippen LogP) is 2.66. The molecule has 2 aliphatic rings. The average Bonchev–Trinajstić information content (AvgIpc) is 3.21. The molecule has 0 bridgehead atoms. The molecule has 0 radical (unpaired) electrons. The molecule has 112 valence electrons. The van der Waals surface area contributed by atoms with Crippen LogP contribution >= 0.6 is 0 Å². The van der Waals surface area contributed by atoms with Gasteiger partial charge in [0.2, 0.25) is 0 Å². The Kier molecular flexibility index (Phi) is 5.67. The summed E-state index contributed by atoms with van der Waals surface area (Å²) in [6.07, 6.45) is 7.03. The highest BCUT2D eigenvalue weighted by Gasteiger charge is 2.31. The Balaban J connectivity index is 1.78. The molecule has 0 aromatic rings. The molecule has 1 aliphatic carbocycles. The first kappa shape index (κ1) is 15.3. The van der Waals surface area contributed by atoms with Crippen molar-refractivity contribution in [3.8, 4) is 0 Å². The minimum Gasteiger partial charge on any atom is -0.377 e. The molecule has 0 aromatic heterocycles. The van der Waals surface area contributed by atoms with Gasteiger partial charge in [0, 0.05) is 32.3 Å². The maximum absolute atomic E-state index is 5.81. The molecule has 1 saturated heterocycles. The summed E-state index contributed by atoms with van der Waals surface area (Å²) in [6, 6.07) is 0.823. The first-order chi connectivity index (χ1) is 9.15. The summed E-state index contributed by atoms with van der Waals surface area (Å²) in [5.41, 5.74) is 0.413. The second kappa shape index (κ2) is 7.05. The molecule has 0 amide bonds. The summed E-state index contributed by atoms with van der Waals surface area (Å²) < 4.78 is 5.81. The SMILES string of the molecule is CCOC1CCCN(CC(C)(CC)CNC2CC2)C1. The highest BCUT2D eigenvalue weighted by atomic mass is 16.5. The van der Waals surface area contributed by atoms with Gasteiger partial charge in [0.15, 0.2) is 0 Å². The van der Waals surface area contributed by atoms with Crippen molar-refractivity contribution in [2.24, 2.45) is 5.41 Å². The van der Waals surface area contributed by atoms with Crippen LogP contribution in [0.1, 0.15) is 52.9 Å². The van der Waals surface area contributed by atoms with E-state index in [1.807, 2.05) is 0 Å². The molecule has 0 aromatic carbocycles. The standard InChI is InChI=1S/C16H32N2O/c1-4-16(3,12-17-14-8-9-14)13-18-10-6-7-15(11-18)19-5-2/h14-15,17H,4-13H2,1-3H3. The number of nitrogens with one attached hydrogen (secondary N) is 1. The van der Waals surface area contributed by atoms with Crippen LogP contribution in [0.4, 0.5) is 0 Å². The number of piperidine rings is 1. The first-order valence-electron chi connectivity index (χ1n) is 8.22. The predicted molar refractivity (Wildman–Crippen MR) is 80.5 cm³/mol. The quantitative estimate of drug-likeness (QED) is 0.732. The summed E-state index contributed by atoms with van der Waals surface area (Å²) in [5.74, 6) is 0. The molecule has 1 saturated carbocycles. The summed E-state index contributed by atoms with van der Waals surface area (Å²) in [6.45, 7) is 12.5. The summed E-state index contributed by atoms with van der Waals surface area (Å²) >= 11 is 0. The lowest BCUT2D eigenvalue weighted by molar-refractivity contribution is -0.00562. The fraction of sp³-hybridized carbons (Fsp3) is 1.00. The van der Waals surface area contributed by atoms with Crippen molar-refractivity contribution in [1.82, 2.24) is 10.2 Å². The number of nitrogens with zero attached hydrogens (tertiary/aromatic N) is 1. The van der Waals surface area contributed by atoms with Crippen molar-refractivity contribution in [1.29, 1.82) is 0 Å². The molecule has 2 unspecified atom stereocenters. The zero-order valence-electron chi connectivity index (χ0n) is 13.1. The lowest BCUT2D eigenvalue weighted by atomic mass is 9.86. The number of rotatable bonds is 8. The molecule has 1 N–H and O–H groups in total. The van der Waals surface area contributed by atoms with Crippen molar-refractivity contribution < 1.29 is 4.74 Å². The van der Waals surface area contributed by atoms with Gasteiger partial charge in [0.05, 0.1) is 6.10 Å². The van der Waals surface area contributed by atoms with Crippen molar-refractivity contribution in [2.75, 3.05) is 32.8 Å². The molecule has 1 heterocycles. The molecule has 2 fully saturated rings. The molecule has 0 spiro atoms. The fourth-order valence-electron chi connectivity index (χ4n) is 3.04. The minimum absolute atomic E-state index is 0.413. The maximum atomic E-state index is 5.81. The van der Waals surface area contributed by atoms with Gasteiger partial charge < -0.3 is 15.0 Å². The van der Waals surface area contributed by atoms with E-state index in [9.17, 15) is 0 Å². The van der Waals surface area contributed by atoms with Gasteiger partial charge in [-0.2, -0.15) is 0 Å². The number of likely N-dealkylation sites (tertiary alicyclic amines) is 1. The van der Waals surface area contributed by atoms with Crippen LogP contribution in [0.5, 0.6) is 0 Å². The zero-order valence-corrected chi connectivity index (χ0v) is 13.1. The highest BCUT2D eigenvalue weighted by Crippen LogP contribution is 2.27. The van der Waals surface area contributed by atoms with Crippen LogP contribution in [-0.4, -0.2) is 49.8 Å². The average molecular weight is 268 g/mol. The topological polar surface area (TPSA) is 24.5 Å². The third kappa shape index (κ3) is 5.05. The van der Waals surface area contributed by atoms with E-state index in [1.165, 1.54) is 51.7 Å². The van der Waals surface area contributed by atoms with Gasteiger partial charge in [-0.15, -0.1) is 0 Å². The van der Waals surface area contributed by atoms with Crippen molar-refractivity contribution >= 4 is 0 Å². The van der Waals surface area contributed by atoms with Gasteiger partial charge in [-0.25, -0.2) is 0 Å². The van der Waals surface area contributed by atoms with Crippen LogP contribution in [-0.2, 0) is 4.74 Å². The van der Waals surface area contributed by atoms with Gasteiger partial charge in [-0.1, -0.05) is 13.8 Å². The van der Waals surface area contributed by atoms with Crippen molar-refractivity contribution in [2.45, 2.75) is 65.0 Å². The Hall–Kier alpha value is -0.120. The Labute approximate surface area is 119 Å². The van der Waals surface area contributed by atoms with Gasteiger partial charge in [0.25, 0.3) is 0 Å². The second-order valence-electron chi connectivity index (χ2n) is 6.77. The van der Waals surface area contributed by atoms with E-state index in [-0.39, 0.29) is 0 Å². The second-order valence-corrected chi connectivity index (χ2v) is 6.77. The molecule has 2 atom stereocenters. The first-order valence-corrected chi connectivity index (χ1v) is 8.22. The molecule has 2 rings (SSSR count). The number of hydrogen-bond acceptors (Lipinski definition) is 3. The molecular formula is C16H32N2O. The number of hydrogen-bond donors (Lipinski definition) is 1. The van der Waals surface area contributed by atoms with Gasteiger partial charge in [-0.05, 0) is 51.0 Å². The van der Waals surface area contributed by atoms with Crippen molar-refractivity contribution in [3.05, 3.63) is 0 Å². The lowest BCUT2D eigenvalue weighted by Gasteiger charge is -2.39. The summed E-state index contributed by atoms with van der Waals surface area (Å²) in [4.78, 5) is 2.63. The van der Waals surface area contributed by atoms with Gasteiger partial charge >= 0.3 is 0 Å². The molecular weight excluding hydrogens is 236 g/mol. The molecule has 1 aliphatic heterocycles. The monoisotopic (exact) mass is 268 g/mol. The fourth-order valence-corrected chi connectivity index (χ4v) is 3.04. The largest absolute Gasteiger partial charge is 0.377 e. The van der Waals surface area contributed by atoms with E-state index < -0.39 is 0 Å².